The third-order valence-corrected chi connectivity index (χ3v) is 2.33. The van der Waals surface area contributed by atoms with Gasteiger partial charge in [-0.2, -0.15) is 10.1 Å². The van der Waals surface area contributed by atoms with E-state index >= 15 is 0 Å². The molecule has 15 heavy (non-hydrogen) atoms. The minimum atomic E-state index is -0.418. The Balaban J connectivity index is 2.11. The van der Waals surface area contributed by atoms with E-state index in [4.69, 9.17) is 16.3 Å². The highest BCUT2D eigenvalue weighted by atomic mass is 35.5. The van der Waals surface area contributed by atoms with Gasteiger partial charge in [-0.3, -0.25) is 0 Å². The number of hydrazone groups is 1. The van der Waals surface area contributed by atoms with Gasteiger partial charge in [0.1, 0.15) is 6.61 Å². The molecule has 4 nitrogen and oxygen atoms in total. The molecule has 2 rings (SSSR count). The van der Waals surface area contributed by atoms with Gasteiger partial charge in [0.25, 0.3) is 0 Å². The van der Waals surface area contributed by atoms with Crippen molar-refractivity contribution in [3.8, 4) is 0 Å². The topological polar surface area (TPSA) is 41.9 Å². The van der Waals surface area contributed by atoms with Crippen LogP contribution in [0.5, 0.6) is 0 Å². The van der Waals surface area contributed by atoms with E-state index in [0.29, 0.717) is 18.2 Å². The fraction of sp³-hybridized carbons (Fsp3) is 0.200. The Morgan fingerprint density at radius 1 is 1.47 bits per heavy atom. The fourth-order valence-electron chi connectivity index (χ4n) is 1.20. The molecule has 1 aliphatic rings. The van der Waals surface area contributed by atoms with Crippen molar-refractivity contribution in [2.24, 2.45) is 5.10 Å². The number of benzene rings is 1. The summed E-state index contributed by atoms with van der Waals surface area (Å²) in [5.74, 6) is 0. The molecule has 0 unspecified atom stereocenters. The van der Waals surface area contributed by atoms with Gasteiger partial charge in [0.15, 0.2) is 0 Å². The molecule has 0 saturated carbocycles. The molecule has 1 aromatic carbocycles. The molecule has 0 bridgehead atoms. The Morgan fingerprint density at radius 2 is 2.27 bits per heavy atom. The molecule has 0 N–H and O–H groups in total. The second-order valence-electron chi connectivity index (χ2n) is 3.00. The van der Waals surface area contributed by atoms with Crippen molar-refractivity contribution in [3.05, 3.63) is 34.9 Å². The molecular weight excluding hydrogens is 216 g/mol. The van der Waals surface area contributed by atoms with Crippen LogP contribution in [0, 0.1) is 0 Å². The highest BCUT2D eigenvalue weighted by molar-refractivity contribution is 6.33. The quantitative estimate of drug-likeness (QED) is 0.723. The summed E-state index contributed by atoms with van der Waals surface area (Å²) in [5, 5.41) is 5.86. The molecule has 1 heterocycles. The standard InChI is InChI=1S/C10H9ClN2O2/c11-9-4-2-1-3-8(9)7-12-13-5-6-15-10(13)14/h1-4,7H,5-6H2/b12-7+. The first-order chi connectivity index (χ1) is 7.27. The molecule has 0 aliphatic carbocycles. The van der Waals surface area contributed by atoms with Crippen molar-refractivity contribution in [1.82, 2.24) is 5.01 Å². The average molecular weight is 225 g/mol. The van der Waals surface area contributed by atoms with E-state index in [2.05, 4.69) is 5.10 Å². The number of ether oxygens (including phenoxy) is 1. The number of halogens is 1. The number of hydrogen-bond donors (Lipinski definition) is 0. The highest BCUT2D eigenvalue weighted by Crippen LogP contribution is 2.13. The summed E-state index contributed by atoms with van der Waals surface area (Å²) in [6.45, 7) is 0.873. The summed E-state index contributed by atoms with van der Waals surface area (Å²) in [6, 6.07) is 7.29. The van der Waals surface area contributed by atoms with Crippen LogP contribution in [0.4, 0.5) is 4.79 Å². The minimum Gasteiger partial charge on any atom is -0.446 e. The molecule has 1 amide bonds. The summed E-state index contributed by atoms with van der Waals surface area (Å²) in [6.07, 6.45) is 1.13. The maximum atomic E-state index is 11.0. The summed E-state index contributed by atoms with van der Waals surface area (Å²) < 4.78 is 4.72. The molecule has 1 aromatic rings. The highest BCUT2D eigenvalue weighted by Gasteiger charge is 2.20. The number of carbonyl (C=O) groups excluding carboxylic acids is 1. The van der Waals surface area contributed by atoms with Gasteiger partial charge in [-0.15, -0.1) is 0 Å². The number of nitrogens with zero attached hydrogens (tertiary/aromatic N) is 2. The van der Waals surface area contributed by atoms with E-state index in [0.717, 1.165) is 5.56 Å². The van der Waals surface area contributed by atoms with Crippen LogP contribution in [0.3, 0.4) is 0 Å². The van der Waals surface area contributed by atoms with Crippen molar-refractivity contribution >= 4 is 23.9 Å². The minimum absolute atomic E-state index is 0.388. The van der Waals surface area contributed by atoms with Crippen LogP contribution >= 0.6 is 11.6 Å². The van der Waals surface area contributed by atoms with Crippen LogP contribution in [-0.2, 0) is 4.74 Å². The van der Waals surface area contributed by atoms with Crippen LogP contribution in [0.15, 0.2) is 29.4 Å². The molecule has 0 spiro atoms. The van der Waals surface area contributed by atoms with Gasteiger partial charge in [0.2, 0.25) is 0 Å². The zero-order valence-corrected chi connectivity index (χ0v) is 8.65. The van der Waals surface area contributed by atoms with Gasteiger partial charge in [0.05, 0.1) is 12.8 Å². The summed E-state index contributed by atoms with van der Waals surface area (Å²) in [5.41, 5.74) is 0.777. The third kappa shape index (κ3) is 2.27. The van der Waals surface area contributed by atoms with E-state index in [9.17, 15) is 4.79 Å². The smallest absolute Gasteiger partial charge is 0.430 e. The lowest BCUT2D eigenvalue weighted by Gasteiger charge is -2.03. The van der Waals surface area contributed by atoms with Crippen LogP contribution in [0.2, 0.25) is 5.02 Å². The maximum Gasteiger partial charge on any atom is 0.430 e. The summed E-state index contributed by atoms with van der Waals surface area (Å²) in [4.78, 5) is 11.0. The van der Waals surface area contributed by atoms with E-state index in [1.807, 2.05) is 18.2 Å². The Hall–Kier alpha value is -1.55. The molecule has 0 radical (unpaired) electrons. The predicted molar refractivity (Wildman–Crippen MR) is 57.1 cm³/mol. The normalized spacial score (nSPS) is 16.1. The Kier molecular flexibility index (Phi) is 2.87. The first kappa shape index (κ1) is 9.98. The lowest BCUT2D eigenvalue weighted by Crippen LogP contribution is -2.17. The van der Waals surface area contributed by atoms with E-state index < -0.39 is 6.09 Å². The number of carbonyl (C=O) groups is 1. The number of amides is 1. The number of cyclic esters (lactones) is 1. The van der Waals surface area contributed by atoms with E-state index in [-0.39, 0.29) is 0 Å². The van der Waals surface area contributed by atoms with E-state index in [1.54, 1.807) is 12.3 Å². The third-order valence-electron chi connectivity index (χ3n) is 1.98. The Bertz CT molecular complexity index is 406. The lowest BCUT2D eigenvalue weighted by molar-refractivity contribution is 0.159. The SMILES string of the molecule is O=C1OCCN1/N=C/c1ccccc1Cl. The van der Waals surface area contributed by atoms with Gasteiger partial charge in [-0.05, 0) is 6.07 Å². The van der Waals surface area contributed by atoms with Crippen LogP contribution in [-0.4, -0.2) is 30.5 Å². The number of hydrogen-bond acceptors (Lipinski definition) is 3. The van der Waals surface area contributed by atoms with Crippen molar-refractivity contribution in [2.45, 2.75) is 0 Å². The van der Waals surface area contributed by atoms with Gasteiger partial charge < -0.3 is 4.74 Å². The molecule has 1 saturated heterocycles. The van der Waals surface area contributed by atoms with Gasteiger partial charge in [-0.1, -0.05) is 29.8 Å². The molecule has 1 fully saturated rings. The first-order valence-corrected chi connectivity index (χ1v) is 4.88. The summed E-state index contributed by atoms with van der Waals surface area (Å²) in [7, 11) is 0. The molecule has 0 atom stereocenters. The molecule has 1 aliphatic heterocycles. The summed E-state index contributed by atoms with van der Waals surface area (Å²) >= 11 is 5.92. The molecule has 78 valence electrons. The van der Waals surface area contributed by atoms with Crippen LogP contribution in [0.1, 0.15) is 5.56 Å². The molecular formula is C10H9ClN2O2. The second-order valence-corrected chi connectivity index (χ2v) is 3.41. The number of rotatable bonds is 2. The van der Waals surface area contributed by atoms with Crippen LogP contribution < -0.4 is 0 Å². The Labute approximate surface area is 92.1 Å². The zero-order valence-electron chi connectivity index (χ0n) is 7.89. The first-order valence-electron chi connectivity index (χ1n) is 4.50. The second kappa shape index (κ2) is 4.31. The van der Waals surface area contributed by atoms with E-state index in [1.165, 1.54) is 5.01 Å². The average Bonchev–Trinajstić information content (AvgIpc) is 2.63. The predicted octanol–water partition coefficient (Wildman–Crippen LogP) is 2.13. The zero-order chi connectivity index (χ0) is 10.7. The largest absolute Gasteiger partial charge is 0.446 e. The maximum absolute atomic E-state index is 11.0. The molecule has 0 aromatic heterocycles. The van der Waals surface area contributed by atoms with Crippen molar-refractivity contribution in [1.29, 1.82) is 0 Å². The Morgan fingerprint density at radius 3 is 2.93 bits per heavy atom. The van der Waals surface area contributed by atoms with Gasteiger partial charge in [0, 0.05) is 10.6 Å². The van der Waals surface area contributed by atoms with Crippen molar-refractivity contribution < 1.29 is 9.53 Å². The van der Waals surface area contributed by atoms with Crippen LogP contribution in [0.25, 0.3) is 0 Å². The lowest BCUT2D eigenvalue weighted by atomic mass is 10.2. The van der Waals surface area contributed by atoms with Gasteiger partial charge in [-0.25, -0.2) is 4.79 Å². The van der Waals surface area contributed by atoms with Gasteiger partial charge >= 0.3 is 6.09 Å². The van der Waals surface area contributed by atoms with Crippen molar-refractivity contribution in [3.63, 3.8) is 0 Å². The fourth-order valence-corrected chi connectivity index (χ4v) is 1.39. The molecule has 5 heteroatoms. The van der Waals surface area contributed by atoms with Crippen molar-refractivity contribution in [2.75, 3.05) is 13.2 Å². The monoisotopic (exact) mass is 224 g/mol.